The fraction of sp³-hybridized carbons (Fsp3) is 0.333. The summed E-state index contributed by atoms with van der Waals surface area (Å²) in [5.41, 5.74) is 7.12. The van der Waals surface area contributed by atoms with Crippen molar-refractivity contribution in [3.05, 3.63) is 53.5 Å². The maximum absolute atomic E-state index is 12.8. The lowest BCUT2D eigenvalue weighted by Crippen LogP contribution is -2.31. The molecule has 0 saturated carbocycles. The van der Waals surface area contributed by atoms with E-state index in [0.29, 0.717) is 29.3 Å². The van der Waals surface area contributed by atoms with E-state index in [1.54, 1.807) is 31.2 Å². The molecule has 6 heteroatoms. The summed E-state index contributed by atoms with van der Waals surface area (Å²) < 4.78 is 32.3. The Balaban J connectivity index is 2.39. The number of hydrogen-bond acceptors (Lipinski definition) is 4. The third-order valence-electron chi connectivity index (χ3n) is 3.37. The topological polar surface area (TPSA) is 76.5 Å². The molecule has 1 aromatic carbocycles. The monoisotopic (exact) mass is 308 g/mol. The summed E-state index contributed by atoms with van der Waals surface area (Å²) in [6, 6.07) is 8.79. The zero-order valence-electron chi connectivity index (χ0n) is 12.2. The molecular weight excluding hydrogens is 288 g/mol. The zero-order valence-corrected chi connectivity index (χ0v) is 13.1. The minimum atomic E-state index is -3.57. The van der Waals surface area contributed by atoms with Crippen molar-refractivity contribution in [2.45, 2.75) is 31.8 Å². The highest BCUT2D eigenvalue weighted by Gasteiger charge is 2.25. The Labute approximate surface area is 125 Å². The normalized spacial score (nSPS) is 12.0. The molecular formula is C15H20N2O3S. The van der Waals surface area contributed by atoms with Crippen molar-refractivity contribution in [1.82, 2.24) is 4.31 Å². The molecule has 0 fully saturated rings. The molecule has 0 aliphatic rings. The number of nitrogens with zero attached hydrogens (tertiary/aromatic N) is 1. The number of sulfonamides is 1. The van der Waals surface area contributed by atoms with Crippen molar-refractivity contribution in [2.24, 2.45) is 5.73 Å². The smallest absolute Gasteiger partial charge is 0.243 e. The molecule has 0 spiro atoms. The summed E-state index contributed by atoms with van der Waals surface area (Å²) >= 11 is 0. The second-order valence-electron chi connectivity index (χ2n) is 4.81. The van der Waals surface area contributed by atoms with Crippen LogP contribution in [0.2, 0.25) is 0 Å². The van der Waals surface area contributed by atoms with E-state index in [4.69, 9.17) is 10.2 Å². The van der Waals surface area contributed by atoms with E-state index in [-0.39, 0.29) is 6.54 Å². The van der Waals surface area contributed by atoms with E-state index in [9.17, 15) is 8.42 Å². The Morgan fingerprint density at radius 3 is 2.62 bits per heavy atom. The van der Waals surface area contributed by atoms with Gasteiger partial charge >= 0.3 is 0 Å². The summed E-state index contributed by atoms with van der Waals surface area (Å²) in [7, 11) is -3.57. The summed E-state index contributed by atoms with van der Waals surface area (Å²) in [5, 5.41) is 0. The molecule has 0 radical (unpaired) electrons. The molecule has 0 bridgehead atoms. The lowest BCUT2D eigenvalue weighted by Gasteiger charge is -2.21. The zero-order chi connectivity index (χ0) is 15.5. The Morgan fingerprint density at radius 1 is 1.29 bits per heavy atom. The van der Waals surface area contributed by atoms with Crippen LogP contribution in [0.1, 0.15) is 23.8 Å². The van der Waals surface area contributed by atoms with Crippen molar-refractivity contribution in [2.75, 3.05) is 6.54 Å². The molecule has 0 atom stereocenters. The van der Waals surface area contributed by atoms with E-state index < -0.39 is 10.0 Å². The Morgan fingerprint density at radius 2 is 2.05 bits per heavy atom. The first kappa shape index (κ1) is 15.8. The second kappa shape index (κ2) is 6.43. The summed E-state index contributed by atoms with van der Waals surface area (Å²) in [6.45, 7) is 4.50. The average Bonchev–Trinajstić information content (AvgIpc) is 2.98. The lowest BCUT2D eigenvalue weighted by atomic mass is 10.1. The molecule has 2 N–H and O–H groups in total. The number of hydrogen-bond donors (Lipinski definition) is 1. The maximum atomic E-state index is 12.8. The predicted molar refractivity (Wildman–Crippen MR) is 81.0 cm³/mol. The van der Waals surface area contributed by atoms with Gasteiger partial charge in [-0.2, -0.15) is 4.31 Å². The maximum Gasteiger partial charge on any atom is 0.243 e. The van der Waals surface area contributed by atoms with Crippen LogP contribution in [0.15, 0.2) is 45.9 Å². The van der Waals surface area contributed by atoms with Gasteiger partial charge in [0, 0.05) is 13.1 Å². The molecule has 0 unspecified atom stereocenters. The van der Waals surface area contributed by atoms with Gasteiger partial charge in [-0.15, -0.1) is 0 Å². The van der Waals surface area contributed by atoms with Gasteiger partial charge in [0.1, 0.15) is 5.76 Å². The van der Waals surface area contributed by atoms with Crippen molar-refractivity contribution >= 4 is 10.0 Å². The fourth-order valence-electron chi connectivity index (χ4n) is 2.13. The van der Waals surface area contributed by atoms with Crippen LogP contribution in [0, 0.1) is 6.92 Å². The molecule has 0 saturated heterocycles. The summed E-state index contributed by atoms with van der Waals surface area (Å²) in [4.78, 5) is 0.304. The fourth-order valence-corrected chi connectivity index (χ4v) is 3.82. The first-order chi connectivity index (χ1) is 9.98. The van der Waals surface area contributed by atoms with Gasteiger partial charge in [-0.05, 0) is 36.2 Å². The standard InChI is InChI=1S/C15H20N2O3S/c1-3-17(11-14-5-4-8-20-14)21(18,19)15-9-13(10-16)7-6-12(15)2/h4-9H,3,10-11,16H2,1-2H3. The van der Waals surface area contributed by atoms with Gasteiger partial charge in [-0.25, -0.2) is 8.42 Å². The van der Waals surface area contributed by atoms with Gasteiger partial charge in [-0.3, -0.25) is 0 Å². The van der Waals surface area contributed by atoms with Crippen LogP contribution in [-0.2, 0) is 23.1 Å². The number of furan rings is 1. The summed E-state index contributed by atoms with van der Waals surface area (Å²) in [6.07, 6.45) is 1.54. The third-order valence-corrected chi connectivity index (χ3v) is 5.43. The van der Waals surface area contributed by atoms with E-state index in [1.165, 1.54) is 10.6 Å². The molecule has 1 heterocycles. The summed E-state index contributed by atoms with van der Waals surface area (Å²) in [5.74, 6) is 0.619. The minimum absolute atomic E-state index is 0.220. The Kier molecular flexibility index (Phi) is 4.82. The molecule has 114 valence electrons. The molecule has 21 heavy (non-hydrogen) atoms. The Bertz CT molecular complexity index is 694. The van der Waals surface area contributed by atoms with Gasteiger partial charge in [0.05, 0.1) is 17.7 Å². The van der Waals surface area contributed by atoms with E-state index in [2.05, 4.69) is 0 Å². The van der Waals surface area contributed by atoms with Crippen molar-refractivity contribution in [3.63, 3.8) is 0 Å². The van der Waals surface area contributed by atoms with E-state index in [0.717, 1.165) is 5.56 Å². The third kappa shape index (κ3) is 3.34. The second-order valence-corrected chi connectivity index (χ2v) is 6.72. The SMILES string of the molecule is CCN(Cc1ccco1)S(=O)(=O)c1cc(CN)ccc1C. The van der Waals surface area contributed by atoms with Crippen molar-refractivity contribution in [3.8, 4) is 0 Å². The van der Waals surface area contributed by atoms with Crippen LogP contribution >= 0.6 is 0 Å². The molecule has 1 aromatic heterocycles. The highest BCUT2D eigenvalue weighted by Crippen LogP contribution is 2.23. The molecule has 0 aliphatic heterocycles. The van der Waals surface area contributed by atoms with Crippen LogP contribution in [0.5, 0.6) is 0 Å². The molecule has 5 nitrogen and oxygen atoms in total. The molecule has 2 aromatic rings. The molecule has 0 aliphatic carbocycles. The van der Waals surface area contributed by atoms with Crippen LogP contribution < -0.4 is 5.73 Å². The first-order valence-electron chi connectivity index (χ1n) is 6.81. The van der Waals surface area contributed by atoms with Gasteiger partial charge < -0.3 is 10.2 Å². The van der Waals surface area contributed by atoms with Gasteiger partial charge in [0.2, 0.25) is 10.0 Å². The number of benzene rings is 1. The van der Waals surface area contributed by atoms with Crippen molar-refractivity contribution < 1.29 is 12.8 Å². The van der Waals surface area contributed by atoms with Crippen LogP contribution in [0.25, 0.3) is 0 Å². The first-order valence-corrected chi connectivity index (χ1v) is 8.25. The predicted octanol–water partition coefficient (Wildman–Crippen LogP) is 2.26. The van der Waals surface area contributed by atoms with E-state index in [1.807, 2.05) is 13.0 Å². The number of aryl methyl sites for hydroxylation is 1. The quantitative estimate of drug-likeness (QED) is 0.888. The number of rotatable bonds is 6. The van der Waals surface area contributed by atoms with Gasteiger partial charge in [-0.1, -0.05) is 19.1 Å². The van der Waals surface area contributed by atoms with Crippen molar-refractivity contribution in [1.29, 1.82) is 0 Å². The van der Waals surface area contributed by atoms with E-state index >= 15 is 0 Å². The minimum Gasteiger partial charge on any atom is -0.468 e. The highest BCUT2D eigenvalue weighted by molar-refractivity contribution is 7.89. The molecule has 2 rings (SSSR count). The largest absolute Gasteiger partial charge is 0.468 e. The van der Waals surface area contributed by atoms with Gasteiger partial charge in [0.15, 0.2) is 0 Å². The van der Waals surface area contributed by atoms with Gasteiger partial charge in [0.25, 0.3) is 0 Å². The lowest BCUT2D eigenvalue weighted by molar-refractivity contribution is 0.375. The van der Waals surface area contributed by atoms with Crippen LogP contribution in [-0.4, -0.2) is 19.3 Å². The highest BCUT2D eigenvalue weighted by atomic mass is 32.2. The average molecular weight is 308 g/mol. The Hall–Kier alpha value is -1.63. The number of nitrogens with two attached hydrogens (primary N) is 1. The van der Waals surface area contributed by atoms with Crippen LogP contribution in [0.4, 0.5) is 0 Å². The molecule has 0 amide bonds. The van der Waals surface area contributed by atoms with Crippen LogP contribution in [0.3, 0.4) is 0 Å².